The van der Waals surface area contributed by atoms with E-state index in [4.69, 9.17) is 13.0 Å². The number of hydrogen-bond acceptors (Lipinski definition) is 4. The number of hydrogen-bond donors (Lipinski definition) is 3. The zero-order valence-electron chi connectivity index (χ0n) is 18.2. The summed E-state index contributed by atoms with van der Waals surface area (Å²) in [5.74, 6) is -2.21. The Labute approximate surface area is 189 Å². The number of rotatable bonds is 11. The predicted octanol–water partition coefficient (Wildman–Crippen LogP) is 2.08. The molecule has 32 heavy (non-hydrogen) atoms. The molecule has 0 aliphatic carbocycles. The quantitative estimate of drug-likeness (QED) is 0.469. The second-order valence-corrected chi connectivity index (χ2v) is 8.01. The first-order valence-corrected chi connectivity index (χ1v) is 10.4. The van der Waals surface area contributed by atoms with E-state index in [2.05, 4.69) is 10.6 Å². The molecule has 2 rings (SSSR count). The molecular weight excluding hydrogens is 407 g/mol. The molecule has 2 atom stereocenters. The summed E-state index contributed by atoms with van der Waals surface area (Å²) >= 11 is 0. The summed E-state index contributed by atoms with van der Waals surface area (Å²) in [6.07, 6.45) is -0.258. The van der Waals surface area contributed by atoms with Gasteiger partial charge in [-0.15, -0.1) is 0 Å². The van der Waals surface area contributed by atoms with Gasteiger partial charge in [-0.05, 0) is 29.0 Å². The Balaban J connectivity index is 2.14. The monoisotopic (exact) mass is 434 g/mol. The number of carboxylic acid groups (broad SMARTS) is 1. The maximum atomic E-state index is 12.8. The number of carbonyl (C=O) groups is 4. The molecule has 0 fully saturated rings. The molecule has 166 valence electrons. The van der Waals surface area contributed by atoms with Crippen LogP contribution in [0.15, 0.2) is 54.6 Å². The van der Waals surface area contributed by atoms with Crippen LogP contribution < -0.4 is 10.6 Å². The van der Waals surface area contributed by atoms with Crippen molar-refractivity contribution in [1.29, 1.82) is 0 Å². The minimum Gasteiger partial charge on any atom is -0.481 e. The Kier molecular flexibility index (Phi) is 9.19. The van der Waals surface area contributed by atoms with Gasteiger partial charge in [0.2, 0.25) is 11.8 Å². The Morgan fingerprint density at radius 2 is 1.53 bits per heavy atom. The van der Waals surface area contributed by atoms with Crippen LogP contribution in [0.3, 0.4) is 0 Å². The van der Waals surface area contributed by atoms with Crippen molar-refractivity contribution in [3.8, 4) is 11.1 Å². The first-order chi connectivity index (χ1) is 15.2. The van der Waals surface area contributed by atoms with Gasteiger partial charge in [-0.1, -0.05) is 68.4 Å². The molecule has 2 amide bonds. The maximum absolute atomic E-state index is 12.8. The lowest BCUT2D eigenvalue weighted by Crippen LogP contribution is -2.52. The topological polar surface area (TPSA) is 113 Å². The van der Waals surface area contributed by atoms with E-state index in [1.807, 2.05) is 68.4 Å². The second-order valence-electron chi connectivity index (χ2n) is 8.01. The molecule has 2 radical (unpaired) electrons. The summed E-state index contributed by atoms with van der Waals surface area (Å²) in [4.78, 5) is 48.0. The Morgan fingerprint density at radius 1 is 0.906 bits per heavy atom. The molecule has 0 aromatic heterocycles. The average Bonchev–Trinajstić information content (AvgIpc) is 2.73. The highest BCUT2D eigenvalue weighted by atomic mass is 16.4. The van der Waals surface area contributed by atoms with E-state index in [1.54, 1.807) is 0 Å². The van der Waals surface area contributed by atoms with Gasteiger partial charge in [0.25, 0.3) is 0 Å². The predicted molar refractivity (Wildman–Crippen MR) is 122 cm³/mol. The first kappa shape index (κ1) is 24.9. The molecule has 0 heterocycles. The van der Waals surface area contributed by atoms with E-state index in [0.717, 1.165) is 16.7 Å². The number of carboxylic acids is 1. The van der Waals surface area contributed by atoms with Gasteiger partial charge in [0.05, 0.1) is 24.6 Å². The van der Waals surface area contributed by atoms with Crippen molar-refractivity contribution in [2.45, 2.75) is 45.2 Å². The molecule has 0 aliphatic rings. The van der Waals surface area contributed by atoms with Gasteiger partial charge in [-0.3, -0.25) is 14.4 Å². The second kappa shape index (κ2) is 11.8. The van der Waals surface area contributed by atoms with Crippen molar-refractivity contribution in [2.75, 3.05) is 0 Å². The zero-order chi connectivity index (χ0) is 23.7. The highest BCUT2D eigenvalue weighted by Crippen LogP contribution is 2.23. The first-order valence-electron chi connectivity index (χ1n) is 10.4. The van der Waals surface area contributed by atoms with Crippen LogP contribution in [0, 0.1) is 5.92 Å². The van der Waals surface area contributed by atoms with E-state index in [0.29, 0.717) is 6.42 Å². The molecule has 0 saturated heterocycles. The van der Waals surface area contributed by atoms with E-state index < -0.39 is 36.1 Å². The Bertz CT molecular complexity index is 962. The fraction of sp³-hybridized carbons (Fsp3) is 0.333. The normalized spacial score (nSPS) is 12.6. The van der Waals surface area contributed by atoms with E-state index in [1.165, 1.54) is 0 Å². The molecule has 2 aromatic carbocycles. The van der Waals surface area contributed by atoms with E-state index in [9.17, 15) is 19.2 Å². The lowest BCUT2D eigenvalue weighted by Gasteiger charge is -2.23. The van der Waals surface area contributed by atoms with Crippen LogP contribution >= 0.6 is 0 Å². The highest BCUT2D eigenvalue weighted by Gasteiger charge is 2.27. The number of carbonyl (C=O) groups excluding carboxylic acids is 3. The van der Waals surface area contributed by atoms with Crippen LogP contribution in [0.5, 0.6) is 0 Å². The lowest BCUT2D eigenvalue weighted by molar-refractivity contribution is -0.139. The van der Waals surface area contributed by atoms with Crippen LogP contribution in [0.25, 0.3) is 11.1 Å². The number of amides is 2. The minimum absolute atomic E-state index is 0.0569. The van der Waals surface area contributed by atoms with Crippen LogP contribution in [0.2, 0.25) is 0 Å². The molecule has 0 saturated carbocycles. The molecule has 7 nitrogen and oxygen atoms in total. The number of benzene rings is 2. The fourth-order valence-electron chi connectivity index (χ4n) is 3.36. The zero-order valence-corrected chi connectivity index (χ0v) is 18.2. The molecule has 0 unspecified atom stereocenters. The maximum Gasteiger partial charge on any atom is 0.305 e. The molecule has 0 spiro atoms. The van der Waals surface area contributed by atoms with Crippen LogP contribution in [-0.4, -0.2) is 48.5 Å². The largest absolute Gasteiger partial charge is 0.481 e. The Hall–Kier alpha value is -3.42. The van der Waals surface area contributed by atoms with Crippen molar-refractivity contribution < 1.29 is 24.3 Å². The molecule has 3 N–H and O–H groups in total. The fourth-order valence-corrected chi connectivity index (χ4v) is 3.36. The molecule has 0 bridgehead atoms. The molecule has 0 aliphatic heterocycles. The highest BCUT2D eigenvalue weighted by molar-refractivity contribution is 6.59. The third kappa shape index (κ3) is 7.69. The van der Waals surface area contributed by atoms with Gasteiger partial charge in [-0.2, -0.15) is 0 Å². The molecular formula is C24H27BN2O5. The van der Waals surface area contributed by atoms with Gasteiger partial charge in [-0.25, -0.2) is 0 Å². The third-order valence-corrected chi connectivity index (χ3v) is 4.85. The standard InChI is InChI=1S/C24H27BN2O5/c1-15(2)12-20(24(32)27-19(23(25)31)14-22(29)30)26-21(28)13-17-10-6-7-11-18(17)16-8-4-3-5-9-16/h3-11,15,19-20H,12-14H2,1-2H3,(H,26,28)(H,27,32)(H,29,30)/t19-,20-/m0/s1. The third-order valence-electron chi connectivity index (χ3n) is 4.85. The molecule has 2 aromatic rings. The summed E-state index contributed by atoms with van der Waals surface area (Å²) in [5.41, 5.74) is 1.75. The average molecular weight is 434 g/mol. The van der Waals surface area contributed by atoms with E-state index >= 15 is 0 Å². The Morgan fingerprint density at radius 3 is 2.12 bits per heavy atom. The number of nitrogens with one attached hydrogen (secondary N) is 2. The van der Waals surface area contributed by atoms with Gasteiger partial charge in [0, 0.05) is 0 Å². The van der Waals surface area contributed by atoms with Crippen LogP contribution in [-0.2, 0) is 25.6 Å². The van der Waals surface area contributed by atoms with Crippen molar-refractivity contribution in [3.05, 3.63) is 60.2 Å². The van der Waals surface area contributed by atoms with Crippen molar-refractivity contribution >= 4 is 31.3 Å². The summed E-state index contributed by atoms with van der Waals surface area (Å²) in [5, 5.41) is 14.0. The number of aliphatic carboxylic acids is 1. The van der Waals surface area contributed by atoms with Crippen molar-refractivity contribution in [1.82, 2.24) is 10.6 Å². The van der Waals surface area contributed by atoms with Crippen molar-refractivity contribution in [2.24, 2.45) is 5.92 Å². The summed E-state index contributed by atoms with van der Waals surface area (Å²) in [6, 6.07) is 14.9. The van der Waals surface area contributed by atoms with Crippen molar-refractivity contribution in [3.63, 3.8) is 0 Å². The van der Waals surface area contributed by atoms with Gasteiger partial charge in [0.15, 0.2) is 7.85 Å². The smallest absolute Gasteiger partial charge is 0.305 e. The summed E-state index contributed by atoms with van der Waals surface area (Å²) < 4.78 is 0. The van der Waals surface area contributed by atoms with Gasteiger partial charge in [0.1, 0.15) is 6.04 Å². The van der Waals surface area contributed by atoms with Crippen LogP contribution in [0.1, 0.15) is 32.3 Å². The van der Waals surface area contributed by atoms with Crippen LogP contribution in [0.4, 0.5) is 0 Å². The summed E-state index contributed by atoms with van der Waals surface area (Å²) in [7, 11) is 5.21. The van der Waals surface area contributed by atoms with E-state index in [-0.39, 0.29) is 18.2 Å². The van der Waals surface area contributed by atoms with Gasteiger partial charge >= 0.3 is 5.97 Å². The minimum atomic E-state index is -1.36. The summed E-state index contributed by atoms with van der Waals surface area (Å²) in [6.45, 7) is 3.78. The SMILES string of the molecule is [B]C(=O)[C@H](CC(=O)O)NC(=O)[C@H](CC(C)C)NC(=O)Cc1ccccc1-c1ccccc1. The van der Waals surface area contributed by atoms with Gasteiger partial charge < -0.3 is 20.5 Å². The molecule has 8 heteroatoms. The lowest BCUT2D eigenvalue weighted by atomic mass is 9.92.